The van der Waals surface area contributed by atoms with E-state index in [0.29, 0.717) is 13.0 Å². The molecular weight excluding hydrogens is 434 g/mol. The molecule has 5 rings (SSSR count). The van der Waals surface area contributed by atoms with Gasteiger partial charge in [-0.3, -0.25) is 4.79 Å². The minimum Gasteiger partial charge on any atom is -0.372 e. The summed E-state index contributed by atoms with van der Waals surface area (Å²) in [4.78, 5) is 17.0. The summed E-state index contributed by atoms with van der Waals surface area (Å²) >= 11 is 0. The number of hydrogen-bond acceptors (Lipinski definition) is 4. The van der Waals surface area contributed by atoms with Gasteiger partial charge < -0.3 is 9.80 Å². The number of carbonyl (C=O) groups excluding carboxylic acids is 1. The summed E-state index contributed by atoms with van der Waals surface area (Å²) in [6, 6.07) is 13.0. The number of hydrogen-bond donors (Lipinski definition) is 1. The van der Waals surface area contributed by atoms with Crippen molar-refractivity contribution >= 4 is 27.3 Å². The highest BCUT2D eigenvalue weighted by atomic mass is 32.2. The molecule has 2 aromatic carbocycles. The van der Waals surface area contributed by atoms with E-state index in [1.165, 1.54) is 18.5 Å². The van der Waals surface area contributed by atoms with Crippen molar-refractivity contribution in [2.24, 2.45) is 11.8 Å². The first-order chi connectivity index (χ1) is 15.8. The molecule has 7 heteroatoms. The van der Waals surface area contributed by atoms with Crippen LogP contribution in [0.15, 0.2) is 47.4 Å². The van der Waals surface area contributed by atoms with Crippen molar-refractivity contribution in [3.63, 3.8) is 0 Å². The zero-order valence-corrected chi connectivity index (χ0v) is 20.3. The maximum absolute atomic E-state index is 13.1. The molecule has 0 radical (unpaired) electrons. The summed E-state index contributed by atoms with van der Waals surface area (Å²) in [6.45, 7) is 6.97. The summed E-state index contributed by atoms with van der Waals surface area (Å²) in [5.41, 5.74) is 3.93. The van der Waals surface area contributed by atoms with Crippen LogP contribution in [0.25, 0.3) is 0 Å². The number of piperidine rings is 1. The molecule has 0 bridgehead atoms. The lowest BCUT2D eigenvalue weighted by Gasteiger charge is -2.32. The average molecular weight is 468 g/mol. The Balaban J connectivity index is 1.26. The molecule has 2 aromatic rings. The monoisotopic (exact) mass is 467 g/mol. The van der Waals surface area contributed by atoms with Gasteiger partial charge in [0.25, 0.3) is 0 Å². The van der Waals surface area contributed by atoms with Crippen molar-refractivity contribution in [2.75, 3.05) is 29.4 Å². The Morgan fingerprint density at radius 2 is 1.70 bits per heavy atom. The Labute approximate surface area is 197 Å². The van der Waals surface area contributed by atoms with Crippen LogP contribution in [0.2, 0.25) is 0 Å². The van der Waals surface area contributed by atoms with Gasteiger partial charge in [0.2, 0.25) is 15.9 Å². The Bertz CT molecular complexity index is 1130. The maximum Gasteiger partial charge on any atom is 0.241 e. The van der Waals surface area contributed by atoms with Crippen molar-refractivity contribution in [1.82, 2.24) is 4.72 Å². The highest BCUT2D eigenvalue weighted by Crippen LogP contribution is 2.37. The molecule has 1 unspecified atom stereocenters. The normalized spacial score (nSPS) is 20.1. The maximum atomic E-state index is 13.1. The number of anilines is 2. The molecule has 3 aliphatic rings. The Hall–Kier alpha value is -2.38. The van der Waals surface area contributed by atoms with Crippen LogP contribution in [0, 0.1) is 11.8 Å². The molecule has 0 aromatic heterocycles. The topological polar surface area (TPSA) is 69.7 Å². The van der Waals surface area contributed by atoms with Crippen LogP contribution in [-0.4, -0.2) is 34.0 Å². The van der Waals surface area contributed by atoms with E-state index < -0.39 is 10.0 Å². The summed E-state index contributed by atoms with van der Waals surface area (Å²) in [7, 11) is -3.67. The molecular formula is C26H33N3O3S. The molecule has 0 spiro atoms. The molecule has 1 saturated heterocycles. The number of sulfonamides is 1. The van der Waals surface area contributed by atoms with Gasteiger partial charge >= 0.3 is 0 Å². The van der Waals surface area contributed by atoms with Gasteiger partial charge in [0.15, 0.2) is 0 Å². The van der Waals surface area contributed by atoms with Gasteiger partial charge in [-0.1, -0.05) is 19.1 Å². The molecule has 2 fully saturated rings. The number of fused-ring (bicyclic) bond motifs is 1. The quantitative estimate of drug-likeness (QED) is 0.689. The Morgan fingerprint density at radius 3 is 2.36 bits per heavy atom. The van der Waals surface area contributed by atoms with Crippen LogP contribution < -0.4 is 14.5 Å². The van der Waals surface area contributed by atoms with Crippen molar-refractivity contribution in [3.8, 4) is 0 Å². The third-order valence-corrected chi connectivity index (χ3v) is 8.86. The third-order valence-electron chi connectivity index (χ3n) is 7.32. The van der Waals surface area contributed by atoms with E-state index in [1.807, 2.05) is 24.0 Å². The van der Waals surface area contributed by atoms with E-state index in [4.69, 9.17) is 0 Å². The average Bonchev–Trinajstić information content (AvgIpc) is 3.58. The fourth-order valence-corrected chi connectivity index (χ4v) is 6.22. The van der Waals surface area contributed by atoms with Gasteiger partial charge in [-0.15, -0.1) is 0 Å². The van der Waals surface area contributed by atoms with Gasteiger partial charge in [-0.25, -0.2) is 13.1 Å². The zero-order valence-electron chi connectivity index (χ0n) is 19.5. The lowest BCUT2D eigenvalue weighted by atomic mass is 9.98. The van der Waals surface area contributed by atoms with Crippen LogP contribution in [0.3, 0.4) is 0 Å². The van der Waals surface area contributed by atoms with Gasteiger partial charge in [0, 0.05) is 43.0 Å². The third kappa shape index (κ3) is 4.66. The highest BCUT2D eigenvalue weighted by molar-refractivity contribution is 7.89. The lowest BCUT2D eigenvalue weighted by molar-refractivity contribution is -0.119. The molecule has 176 valence electrons. The van der Waals surface area contributed by atoms with E-state index in [9.17, 15) is 13.2 Å². The minimum atomic E-state index is -3.67. The summed E-state index contributed by atoms with van der Waals surface area (Å²) in [6.07, 6.45) is 5.06. The van der Waals surface area contributed by atoms with E-state index in [2.05, 4.69) is 28.7 Å². The van der Waals surface area contributed by atoms with Crippen LogP contribution in [0.5, 0.6) is 0 Å². The van der Waals surface area contributed by atoms with Crippen molar-refractivity contribution in [2.45, 2.75) is 56.9 Å². The second-order valence-electron chi connectivity index (χ2n) is 9.91. The van der Waals surface area contributed by atoms with Crippen LogP contribution >= 0.6 is 0 Å². The van der Waals surface area contributed by atoms with Crippen LogP contribution in [0.4, 0.5) is 11.4 Å². The minimum absolute atomic E-state index is 0.159. The van der Waals surface area contributed by atoms with Crippen molar-refractivity contribution < 1.29 is 13.2 Å². The molecule has 1 amide bonds. The Kier molecular flexibility index (Phi) is 5.95. The molecule has 1 N–H and O–H groups in total. The number of nitrogens with zero attached hydrogens (tertiary/aromatic N) is 2. The first kappa shape index (κ1) is 22.4. The summed E-state index contributed by atoms with van der Waals surface area (Å²) < 4.78 is 29.0. The fourth-order valence-electron chi connectivity index (χ4n) is 4.93. The molecule has 1 atom stereocenters. The molecule has 2 aliphatic heterocycles. The van der Waals surface area contributed by atoms with Crippen molar-refractivity contribution in [1.29, 1.82) is 0 Å². The van der Waals surface area contributed by atoms with Crippen molar-refractivity contribution in [3.05, 3.63) is 53.6 Å². The SMILES string of the molecule is CC1CCN(c2ccc(C(C)NS(=O)(=O)c3ccc4c(c3)CCN4C(=O)C3CC3)cc2)CC1. The van der Waals surface area contributed by atoms with Crippen LogP contribution in [0.1, 0.15) is 56.7 Å². The second-order valence-corrected chi connectivity index (χ2v) is 11.6. The summed E-state index contributed by atoms with van der Waals surface area (Å²) in [5, 5.41) is 0. The lowest BCUT2D eigenvalue weighted by Crippen LogP contribution is -2.32. The molecule has 33 heavy (non-hydrogen) atoms. The first-order valence-electron chi connectivity index (χ1n) is 12.1. The number of nitrogens with one attached hydrogen (secondary N) is 1. The number of amides is 1. The number of carbonyl (C=O) groups is 1. The smallest absolute Gasteiger partial charge is 0.241 e. The summed E-state index contributed by atoms with van der Waals surface area (Å²) in [5.74, 6) is 1.13. The molecule has 6 nitrogen and oxygen atoms in total. The zero-order chi connectivity index (χ0) is 23.2. The van der Waals surface area contributed by atoms with Gasteiger partial charge in [-0.2, -0.15) is 0 Å². The fraction of sp³-hybridized carbons (Fsp3) is 0.500. The Morgan fingerprint density at radius 1 is 1.00 bits per heavy atom. The predicted molar refractivity (Wildman–Crippen MR) is 131 cm³/mol. The number of benzene rings is 2. The van der Waals surface area contributed by atoms with E-state index in [0.717, 1.165) is 48.7 Å². The van der Waals surface area contributed by atoms with Gasteiger partial charge in [0.1, 0.15) is 0 Å². The molecule has 1 aliphatic carbocycles. The second kappa shape index (κ2) is 8.76. The number of rotatable bonds is 6. The standard InChI is InChI=1S/C26H33N3O3S/c1-18-11-14-28(15-12-18)23-7-5-20(6-8-23)19(2)27-33(31,32)24-9-10-25-22(17-24)13-16-29(25)26(30)21-3-4-21/h5-10,17-19,21,27H,3-4,11-16H2,1-2H3. The first-order valence-corrected chi connectivity index (χ1v) is 13.6. The van der Waals surface area contributed by atoms with Gasteiger partial charge in [0.05, 0.1) is 4.90 Å². The van der Waals surface area contributed by atoms with Crippen LogP contribution in [-0.2, 0) is 21.2 Å². The molecule has 1 saturated carbocycles. The van der Waals surface area contributed by atoms with Gasteiger partial charge in [-0.05, 0) is 86.4 Å². The van der Waals surface area contributed by atoms with E-state index in [-0.39, 0.29) is 22.8 Å². The largest absolute Gasteiger partial charge is 0.372 e. The predicted octanol–water partition coefficient (Wildman–Crippen LogP) is 4.26. The van der Waals surface area contributed by atoms with E-state index >= 15 is 0 Å². The van der Waals surface area contributed by atoms with E-state index in [1.54, 1.807) is 18.2 Å². The highest BCUT2D eigenvalue weighted by Gasteiger charge is 2.36. The molecule has 2 heterocycles.